The molecule has 0 radical (unpaired) electrons. The summed E-state index contributed by atoms with van der Waals surface area (Å²) in [5.41, 5.74) is 0.988. The summed E-state index contributed by atoms with van der Waals surface area (Å²) in [5.74, 6) is 0. The Balaban J connectivity index is 2.04. The summed E-state index contributed by atoms with van der Waals surface area (Å²) < 4.78 is 4.11. The van der Waals surface area contributed by atoms with Crippen molar-refractivity contribution in [3.63, 3.8) is 0 Å². The number of pyridine rings is 1. The Morgan fingerprint density at radius 3 is 2.58 bits per heavy atom. The van der Waals surface area contributed by atoms with Gasteiger partial charge in [-0.2, -0.15) is 0 Å². The first-order valence-corrected chi connectivity index (χ1v) is 8.00. The number of rotatable bonds is 4. The lowest BCUT2D eigenvalue weighted by atomic mass is 10.3. The molecular weight excluding hydrogens is 440 g/mol. The second kappa shape index (κ2) is 6.72. The van der Waals surface area contributed by atoms with Gasteiger partial charge in [-0.25, -0.2) is 0 Å². The van der Waals surface area contributed by atoms with Crippen LogP contribution in [0.5, 0.6) is 0 Å². The summed E-state index contributed by atoms with van der Waals surface area (Å²) in [5, 5.41) is 3.29. The molecule has 1 N–H and O–H groups in total. The van der Waals surface area contributed by atoms with Gasteiger partial charge in [0.15, 0.2) is 0 Å². The van der Waals surface area contributed by atoms with Crippen LogP contribution >= 0.6 is 47.8 Å². The summed E-state index contributed by atoms with van der Waals surface area (Å²) in [6, 6.07) is 9.65. The molecule has 0 atom stereocenters. The van der Waals surface area contributed by atoms with Crippen molar-refractivity contribution in [3.8, 4) is 0 Å². The standard InChI is InChI=1S/C13H11Br3N2O/c14-9-7-11(16)13(19)18(8-9)6-5-17-12-4-2-1-3-10(12)15/h1-4,7-8,17H,5-6H2. The molecule has 1 heterocycles. The van der Waals surface area contributed by atoms with Crippen molar-refractivity contribution in [1.29, 1.82) is 0 Å². The molecule has 19 heavy (non-hydrogen) atoms. The van der Waals surface area contributed by atoms with Crippen LogP contribution in [0.4, 0.5) is 5.69 Å². The van der Waals surface area contributed by atoms with E-state index >= 15 is 0 Å². The van der Waals surface area contributed by atoms with Crippen LogP contribution in [0.3, 0.4) is 0 Å². The van der Waals surface area contributed by atoms with Gasteiger partial charge >= 0.3 is 0 Å². The average Bonchev–Trinajstić information content (AvgIpc) is 2.37. The summed E-state index contributed by atoms with van der Waals surface area (Å²) in [6.45, 7) is 1.27. The number of halogens is 3. The smallest absolute Gasteiger partial charge is 0.264 e. The Labute approximate surface area is 136 Å². The van der Waals surface area contributed by atoms with Gasteiger partial charge in [-0.3, -0.25) is 4.79 Å². The summed E-state index contributed by atoms with van der Waals surface area (Å²) in [4.78, 5) is 11.9. The SMILES string of the molecule is O=c1c(Br)cc(Br)cn1CCNc1ccccc1Br. The number of hydrogen-bond acceptors (Lipinski definition) is 2. The minimum atomic E-state index is -0.0304. The molecule has 0 spiro atoms. The normalized spacial score (nSPS) is 10.5. The maximum atomic E-state index is 11.9. The Morgan fingerprint density at radius 1 is 1.11 bits per heavy atom. The third kappa shape index (κ3) is 3.94. The first kappa shape index (κ1) is 14.8. The van der Waals surface area contributed by atoms with Crippen molar-refractivity contribution < 1.29 is 0 Å². The van der Waals surface area contributed by atoms with Gasteiger partial charge in [0.2, 0.25) is 0 Å². The maximum absolute atomic E-state index is 11.9. The highest BCUT2D eigenvalue weighted by Gasteiger charge is 2.03. The first-order valence-electron chi connectivity index (χ1n) is 5.62. The van der Waals surface area contributed by atoms with Gasteiger partial charge in [0.05, 0.1) is 4.47 Å². The largest absolute Gasteiger partial charge is 0.382 e. The highest BCUT2D eigenvalue weighted by Crippen LogP contribution is 2.20. The van der Waals surface area contributed by atoms with Crippen LogP contribution in [-0.2, 0) is 6.54 Å². The summed E-state index contributed by atoms with van der Waals surface area (Å²) in [6.07, 6.45) is 1.79. The predicted octanol–water partition coefficient (Wildman–Crippen LogP) is 4.25. The van der Waals surface area contributed by atoms with Crippen LogP contribution in [0.15, 0.2) is 54.7 Å². The molecule has 3 nitrogen and oxygen atoms in total. The molecule has 0 bridgehead atoms. The molecule has 6 heteroatoms. The minimum absolute atomic E-state index is 0.0304. The molecule has 0 saturated heterocycles. The van der Waals surface area contributed by atoms with Crippen LogP contribution < -0.4 is 10.9 Å². The number of para-hydroxylation sites is 1. The molecule has 2 rings (SSSR count). The molecule has 0 aliphatic heterocycles. The number of aromatic nitrogens is 1. The van der Waals surface area contributed by atoms with E-state index in [1.165, 1.54) is 0 Å². The van der Waals surface area contributed by atoms with E-state index in [1.807, 2.05) is 24.3 Å². The summed E-state index contributed by atoms with van der Waals surface area (Å²) >= 11 is 10.1. The van der Waals surface area contributed by atoms with Crippen molar-refractivity contribution in [2.75, 3.05) is 11.9 Å². The van der Waals surface area contributed by atoms with Gasteiger partial charge in [-0.05, 0) is 66.0 Å². The summed E-state index contributed by atoms with van der Waals surface area (Å²) in [7, 11) is 0. The van der Waals surface area contributed by atoms with Gasteiger partial charge in [0.1, 0.15) is 0 Å². The Hall–Kier alpha value is -0.590. The molecule has 0 aliphatic carbocycles. The fourth-order valence-corrected chi connectivity index (χ4v) is 3.33. The molecule has 0 fully saturated rings. The van der Waals surface area contributed by atoms with Crippen LogP contribution in [-0.4, -0.2) is 11.1 Å². The molecule has 0 aliphatic rings. The number of benzene rings is 1. The quantitative estimate of drug-likeness (QED) is 0.755. The van der Waals surface area contributed by atoms with Crippen molar-refractivity contribution in [2.24, 2.45) is 0 Å². The van der Waals surface area contributed by atoms with Crippen LogP contribution in [0.25, 0.3) is 0 Å². The second-order valence-corrected chi connectivity index (χ2v) is 6.54. The van der Waals surface area contributed by atoms with Gasteiger partial charge < -0.3 is 9.88 Å². The maximum Gasteiger partial charge on any atom is 0.264 e. The first-order chi connectivity index (χ1) is 9.08. The van der Waals surface area contributed by atoms with E-state index < -0.39 is 0 Å². The predicted molar refractivity (Wildman–Crippen MR) is 88.7 cm³/mol. The van der Waals surface area contributed by atoms with E-state index in [9.17, 15) is 4.79 Å². The van der Waals surface area contributed by atoms with E-state index in [4.69, 9.17) is 0 Å². The van der Waals surface area contributed by atoms with Crippen LogP contribution in [0.1, 0.15) is 0 Å². The number of nitrogens with zero attached hydrogens (tertiary/aromatic N) is 1. The zero-order valence-electron chi connectivity index (χ0n) is 9.87. The van der Waals surface area contributed by atoms with Crippen LogP contribution in [0.2, 0.25) is 0 Å². The van der Waals surface area contributed by atoms with E-state index in [2.05, 4.69) is 53.1 Å². The molecule has 0 saturated carbocycles. The monoisotopic (exact) mass is 448 g/mol. The number of nitrogens with one attached hydrogen (secondary N) is 1. The van der Waals surface area contributed by atoms with Gasteiger partial charge in [-0.1, -0.05) is 12.1 Å². The van der Waals surface area contributed by atoms with Gasteiger partial charge in [0.25, 0.3) is 5.56 Å². The average molecular weight is 451 g/mol. The van der Waals surface area contributed by atoms with Crippen molar-refractivity contribution in [1.82, 2.24) is 4.57 Å². The zero-order chi connectivity index (χ0) is 13.8. The Bertz CT molecular complexity index is 640. The fourth-order valence-electron chi connectivity index (χ4n) is 1.65. The van der Waals surface area contributed by atoms with Gasteiger partial charge in [0, 0.05) is 33.9 Å². The Kier molecular flexibility index (Phi) is 5.24. The molecular formula is C13H11Br3N2O. The highest BCUT2D eigenvalue weighted by atomic mass is 79.9. The zero-order valence-corrected chi connectivity index (χ0v) is 14.6. The highest BCUT2D eigenvalue weighted by molar-refractivity contribution is 9.11. The lowest BCUT2D eigenvalue weighted by Crippen LogP contribution is -2.23. The third-order valence-corrected chi connectivity index (χ3v) is 4.24. The fraction of sp³-hybridized carbons (Fsp3) is 0.154. The molecule has 1 aromatic heterocycles. The third-order valence-electron chi connectivity index (χ3n) is 2.55. The number of anilines is 1. The van der Waals surface area contributed by atoms with Crippen molar-refractivity contribution >= 4 is 53.5 Å². The Morgan fingerprint density at radius 2 is 1.84 bits per heavy atom. The van der Waals surface area contributed by atoms with E-state index in [1.54, 1.807) is 16.8 Å². The van der Waals surface area contributed by atoms with E-state index in [-0.39, 0.29) is 5.56 Å². The second-order valence-electron chi connectivity index (χ2n) is 3.91. The topological polar surface area (TPSA) is 34.0 Å². The molecule has 100 valence electrons. The van der Waals surface area contributed by atoms with E-state index in [0.717, 1.165) is 14.6 Å². The van der Waals surface area contributed by atoms with Gasteiger partial charge in [-0.15, -0.1) is 0 Å². The van der Waals surface area contributed by atoms with Crippen molar-refractivity contribution in [3.05, 3.63) is 60.3 Å². The van der Waals surface area contributed by atoms with Crippen LogP contribution in [0, 0.1) is 0 Å². The lowest BCUT2D eigenvalue weighted by molar-refractivity contribution is 0.692. The minimum Gasteiger partial charge on any atom is -0.382 e. The molecule has 0 unspecified atom stereocenters. The van der Waals surface area contributed by atoms with E-state index in [0.29, 0.717) is 17.6 Å². The molecule has 1 aromatic carbocycles. The molecule has 0 amide bonds. The van der Waals surface area contributed by atoms with Crippen molar-refractivity contribution in [2.45, 2.75) is 6.54 Å². The number of hydrogen-bond donors (Lipinski definition) is 1. The molecule has 2 aromatic rings. The lowest BCUT2D eigenvalue weighted by Gasteiger charge is -2.10.